The second-order valence-corrected chi connectivity index (χ2v) is 15.5. The third kappa shape index (κ3) is 4.95. The molecule has 4 nitrogen and oxygen atoms in total. The number of anilines is 3. The second-order valence-electron chi connectivity index (χ2n) is 14.4. The van der Waals surface area contributed by atoms with Crippen LogP contribution in [0, 0.1) is 0 Å². The van der Waals surface area contributed by atoms with E-state index >= 15 is 0 Å². The largest absolute Gasteiger partial charge is 0.456 e. The highest BCUT2D eigenvalue weighted by atomic mass is 32.1. The van der Waals surface area contributed by atoms with E-state index in [0.717, 1.165) is 72.0 Å². The molecule has 3 aromatic heterocycles. The number of furan rings is 1. The van der Waals surface area contributed by atoms with Crippen molar-refractivity contribution in [1.29, 1.82) is 0 Å². The van der Waals surface area contributed by atoms with Gasteiger partial charge in [-0.1, -0.05) is 103 Å². The standard InChI is InChI=1S/C51H30N2O2S/c1-2-10-31(11-3-1)32-16-8-17-37(24-32)53(39-20-22-40-43-25-33-12-4-7-15-36(33)28-48(43)56-49(40)30-39)38-21-23-41-46(29-38)54-45-19-9-18-42(50(41)45)51-52-44-26-34-13-5-6-14-35(34)27-47(44)55-51/h1-30H. The Morgan fingerprint density at radius 1 is 0.411 bits per heavy atom. The minimum absolute atomic E-state index is 0.580. The minimum Gasteiger partial charge on any atom is -0.456 e. The van der Waals surface area contributed by atoms with E-state index in [9.17, 15) is 0 Å². The van der Waals surface area contributed by atoms with Crippen LogP contribution in [0.25, 0.3) is 97.3 Å². The highest BCUT2D eigenvalue weighted by molar-refractivity contribution is 7.25. The van der Waals surface area contributed by atoms with Gasteiger partial charge in [-0.2, -0.15) is 0 Å². The van der Waals surface area contributed by atoms with Crippen LogP contribution in [0.3, 0.4) is 0 Å². The van der Waals surface area contributed by atoms with Crippen molar-refractivity contribution in [1.82, 2.24) is 4.98 Å². The lowest BCUT2D eigenvalue weighted by Crippen LogP contribution is -2.09. The van der Waals surface area contributed by atoms with E-state index in [0.29, 0.717) is 5.89 Å². The Morgan fingerprint density at radius 3 is 1.91 bits per heavy atom. The van der Waals surface area contributed by atoms with E-state index in [4.69, 9.17) is 13.8 Å². The van der Waals surface area contributed by atoms with Gasteiger partial charge in [-0.05, 0) is 105 Å². The summed E-state index contributed by atoms with van der Waals surface area (Å²) in [5, 5.41) is 9.34. The molecule has 0 radical (unpaired) electrons. The fraction of sp³-hybridized carbons (Fsp3) is 0. The third-order valence-corrected chi connectivity index (χ3v) is 12.1. The van der Waals surface area contributed by atoms with Crippen LogP contribution in [0.4, 0.5) is 17.1 Å². The van der Waals surface area contributed by atoms with E-state index in [-0.39, 0.29) is 0 Å². The first kappa shape index (κ1) is 31.2. The first-order valence-corrected chi connectivity index (χ1v) is 19.6. The lowest BCUT2D eigenvalue weighted by molar-refractivity contribution is 0.620. The van der Waals surface area contributed by atoms with E-state index < -0.39 is 0 Å². The average Bonchev–Trinajstić information content (AvgIpc) is 3.94. The molecular formula is C51H30N2O2S. The van der Waals surface area contributed by atoms with E-state index in [1.165, 1.54) is 36.5 Å². The molecule has 0 amide bonds. The lowest BCUT2D eigenvalue weighted by atomic mass is 10.0. The number of benzene rings is 9. The summed E-state index contributed by atoms with van der Waals surface area (Å²) in [5.74, 6) is 0.580. The summed E-state index contributed by atoms with van der Waals surface area (Å²) in [6.07, 6.45) is 0. The number of fused-ring (bicyclic) bond motifs is 9. The molecule has 12 aromatic rings. The average molecular weight is 735 g/mol. The molecule has 0 fully saturated rings. The van der Waals surface area contributed by atoms with Gasteiger partial charge in [0, 0.05) is 59.6 Å². The first-order valence-electron chi connectivity index (χ1n) is 18.8. The molecule has 0 bridgehead atoms. The lowest BCUT2D eigenvalue weighted by Gasteiger charge is -2.26. The van der Waals surface area contributed by atoms with Gasteiger partial charge >= 0.3 is 0 Å². The topological polar surface area (TPSA) is 42.4 Å². The summed E-state index contributed by atoms with van der Waals surface area (Å²) in [6.45, 7) is 0. The van der Waals surface area contributed by atoms with Crippen LogP contribution in [0.1, 0.15) is 0 Å². The Labute approximate surface area is 325 Å². The van der Waals surface area contributed by atoms with Crippen LogP contribution >= 0.6 is 11.3 Å². The summed E-state index contributed by atoms with van der Waals surface area (Å²) < 4.78 is 15.6. The van der Waals surface area contributed by atoms with Crippen LogP contribution in [0.15, 0.2) is 191 Å². The van der Waals surface area contributed by atoms with Crippen molar-refractivity contribution in [2.24, 2.45) is 0 Å². The van der Waals surface area contributed by atoms with Crippen molar-refractivity contribution in [3.05, 3.63) is 182 Å². The van der Waals surface area contributed by atoms with Gasteiger partial charge in [0.05, 0.1) is 0 Å². The van der Waals surface area contributed by atoms with Crippen LogP contribution in [0.2, 0.25) is 0 Å². The zero-order valence-electron chi connectivity index (χ0n) is 29.9. The number of aromatic nitrogens is 1. The predicted octanol–water partition coefficient (Wildman–Crippen LogP) is 15.2. The molecule has 56 heavy (non-hydrogen) atoms. The highest BCUT2D eigenvalue weighted by Crippen LogP contribution is 2.45. The van der Waals surface area contributed by atoms with Gasteiger partial charge in [0.25, 0.3) is 0 Å². The molecule has 9 aromatic carbocycles. The van der Waals surface area contributed by atoms with Crippen molar-refractivity contribution in [2.45, 2.75) is 0 Å². The smallest absolute Gasteiger partial charge is 0.228 e. The summed E-state index contributed by atoms with van der Waals surface area (Å²) in [5.41, 5.74) is 9.57. The Balaban J connectivity index is 1.03. The molecule has 5 heteroatoms. The minimum atomic E-state index is 0.580. The zero-order chi connectivity index (χ0) is 36.7. The maximum absolute atomic E-state index is 6.66. The summed E-state index contributed by atoms with van der Waals surface area (Å²) in [7, 11) is 0. The van der Waals surface area contributed by atoms with E-state index in [2.05, 4.69) is 163 Å². The Hall–Kier alpha value is -7.21. The van der Waals surface area contributed by atoms with Crippen molar-refractivity contribution < 1.29 is 8.83 Å². The van der Waals surface area contributed by atoms with Gasteiger partial charge in [-0.25, -0.2) is 4.98 Å². The zero-order valence-corrected chi connectivity index (χ0v) is 30.8. The number of thiophene rings is 1. The van der Waals surface area contributed by atoms with Crippen LogP contribution < -0.4 is 4.90 Å². The molecule has 0 unspecified atom stereocenters. The van der Waals surface area contributed by atoms with Gasteiger partial charge < -0.3 is 13.7 Å². The number of oxazole rings is 1. The Kier molecular flexibility index (Phi) is 6.76. The number of hydrogen-bond donors (Lipinski definition) is 0. The van der Waals surface area contributed by atoms with Gasteiger partial charge in [-0.15, -0.1) is 11.3 Å². The Morgan fingerprint density at radius 2 is 1.07 bits per heavy atom. The Bertz CT molecular complexity index is 3450. The van der Waals surface area contributed by atoms with Crippen molar-refractivity contribution in [2.75, 3.05) is 4.90 Å². The molecule has 0 atom stereocenters. The van der Waals surface area contributed by atoms with Crippen LogP contribution in [-0.2, 0) is 0 Å². The van der Waals surface area contributed by atoms with E-state index in [1.807, 2.05) is 35.6 Å². The highest BCUT2D eigenvalue weighted by Gasteiger charge is 2.21. The third-order valence-electron chi connectivity index (χ3n) is 11.0. The van der Waals surface area contributed by atoms with Gasteiger partial charge in [-0.3, -0.25) is 0 Å². The number of nitrogens with zero attached hydrogens (tertiary/aromatic N) is 2. The normalized spacial score (nSPS) is 11.9. The van der Waals surface area contributed by atoms with Gasteiger partial charge in [0.15, 0.2) is 5.58 Å². The van der Waals surface area contributed by atoms with Crippen LogP contribution in [-0.4, -0.2) is 4.98 Å². The molecule has 0 aliphatic heterocycles. The van der Waals surface area contributed by atoms with Gasteiger partial charge in [0.1, 0.15) is 16.7 Å². The molecule has 262 valence electrons. The molecule has 12 rings (SSSR count). The molecule has 0 N–H and O–H groups in total. The maximum Gasteiger partial charge on any atom is 0.228 e. The van der Waals surface area contributed by atoms with Crippen LogP contribution in [0.5, 0.6) is 0 Å². The molecule has 0 aliphatic rings. The molecule has 3 heterocycles. The molecule has 0 saturated heterocycles. The van der Waals surface area contributed by atoms with Gasteiger partial charge in [0.2, 0.25) is 5.89 Å². The maximum atomic E-state index is 6.66. The molecular weight excluding hydrogens is 705 g/mol. The number of rotatable bonds is 5. The molecule has 0 saturated carbocycles. The molecule has 0 aliphatic carbocycles. The van der Waals surface area contributed by atoms with Crippen molar-refractivity contribution in [3.63, 3.8) is 0 Å². The SMILES string of the molecule is c1ccc(-c2cccc(N(c3ccc4c(c3)oc3cccc(-c5nc6cc7ccccc7cc6o5)c34)c3ccc4c(c3)sc3cc5ccccc5cc34)c2)cc1. The summed E-state index contributed by atoms with van der Waals surface area (Å²) >= 11 is 1.85. The fourth-order valence-electron chi connectivity index (χ4n) is 8.35. The second kappa shape index (κ2) is 12.2. The summed E-state index contributed by atoms with van der Waals surface area (Å²) in [6, 6.07) is 64.6. The number of hydrogen-bond acceptors (Lipinski definition) is 5. The van der Waals surface area contributed by atoms with Crippen molar-refractivity contribution in [3.8, 4) is 22.6 Å². The van der Waals surface area contributed by atoms with Crippen molar-refractivity contribution >= 4 is 103 Å². The fourth-order valence-corrected chi connectivity index (χ4v) is 9.52. The summed E-state index contributed by atoms with van der Waals surface area (Å²) in [4.78, 5) is 7.31. The molecule has 0 spiro atoms. The predicted molar refractivity (Wildman–Crippen MR) is 235 cm³/mol. The first-order chi connectivity index (χ1) is 27.7. The van der Waals surface area contributed by atoms with E-state index in [1.54, 1.807) is 0 Å². The monoisotopic (exact) mass is 734 g/mol. The quantitative estimate of drug-likeness (QED) is 0.177.